The van der Waals surface area contributed by atoms with Crippen LogP contribution < -0.4 is 14.4 Å². The monoisotopic (exact) mass is 477 g/mol. The Balaban J connectivity index is 1.92. The molecule has 4 aromatic rings. The lowest BCUT2D eigenvalue weighted by Crippen LogP contribution is -2.20. The lowest BCUT2D eigenvalue weighted by molar-refractivity contribution is -0.137. The van der Waals surface area contributed by atoms with Crippen LogP contribution in [-0.4, -0.2) is 40.9 Å². The molecule has 0 atom stereocenters. The van der Waals surface area contributed by atoms with Crippen LogP contribution in [0.15, 0.2) is 42.6 Å². The largest absolute Gasteiger partial charge is 0.496 e. The lowest BCUT2D eigenvalue weighted by atomic mass is 10.1. The van der Waals surface area contributed by atoms with E-state index in [0.717, 1.165) is 12.1 Å². The molecule has 33 heavy (non-hydrogen) atoms. The van der Waals surface area contributed by atoms with Gasteiger partial charge in [0.05, 0.1) is 42.3 Å². The van der Waals surface area contributed by atoms with Crippen LogP contribution in [0, 0.1) is 0 Å². The zero-order valence-corrected chi connectivity index (χ0v) is 18.6. The average Bonchev–Trinajstić information content (AvgIpc) is 3.27. The smallest absolute Gasteiger partial charge is 0.416 e. The summed E-state index contributed by atoms with van der Waals surface area (Å²) in [5.74, 6) is 1.27. The maximum Gasteiger partial charge on any atom is 0.416 e. The first-order valence-corrected chi connectivity index (χ1v) is 10.2. The third kappa shape index (κ3) is 4.13. The number of alkyl halides is 3. The van der Waals surface area contributed by atoms with Crippen molar-refractivity contribution in [3.63, 3.8) is 0 Å². The SMILES string of the molecule is CCN(c1nc(-c2c(OC)cccc2OC)c2[nH]ncc2n1)c1ccc(C(F)(F)F)cc1Cl. The minimum Gasteiger partial charge on any atom is -0.496 e. The zero-order chi connectivity index (χ0) is 23.8. The van der Waals surface area contributed by atoms with E-state index >= 15 is 0 Å². The summed E-state index contributed by atoms with van der Waals surface area (Å²) in [6.45, 7) is 2.16. The number of hydrogen-bond donors (Lipinski definition) is 1. The van der Waals surface area contributed by atoms with E-state index in [-0.39, 0.29) is 11.0 Å². The Bertz CT molecular complexity index is 1290. The molecule has 1 N–H and O–H groups in total. The Kier molecular flexibility index (Phi) is 6.03. The molecule has 2 aromatic heterocycles. The number of anilines is 2. The van der Waals surface area contributed by atoms with E-state index in [4.69, 9.17) is 26.1 Å². The minimum absolute atomic E-state index is 0.0704. The molecule has 4 rings (SSSR count). The van der Waals surface area contributed by atoms with Crippen LogP contribution >= 0.6 is 11.6 Å². The Morgan fingerprint density at radius 1 is 1.06 bits per heavy atom. The summed E-state index contributed by atoms with van der Waals surface area (Å²) in [7, 11) is 3.07. The van der Waals surface area contributed by atoms with Crippen molar-refractivity contribution in [2.45, 2.75) is 13.1 Å². The van der Waals surface area contributed by atoms with Gasteiger partial charge < -0.3 is 14.4 Å². The van der Waals surface area contributed by atoms with E-state index in [0.29, 0.717) is 46.0 Å². The summed E-state index contributed by atoms with van der Waals surface area (Å²) >= 11 is 6.25. The number of H-pyrrole nitrogens is 1. The molecule has 2 heterocycles. The molecule has 0 amide bonds. The van der Waals surface area contributed by atoms with Crippen molar-refractivity contribution in [3.05, 3.63) is 53.2 Å². The van der Waals surface area contributed by atoms with Crippen LogP contribution in [0.1, 0.15) is 12.5 Å². The first kappa shape index (κ1) is 22.7. The maximum absolute atomic E-state index is 13.1. The van der Waals surface area contributed by atoms with Crippen LogP contribution in [0.2, 0.25) is 5.02 Å². The second-order valence-corrected chi connectivity index (χ2v) is 7.36. The van der Waals surface area contributed by atoms with Crippen molar-refractivity contribution in [3.8, 4) is 22.8 Å². The number of halogens is 4. The standard InChI is InChI=1S/C22H19ClF3N5O2/c1-4-31(15-9-8-12(10-13(15)23)22(24,25)26)21-28-14-11-27-30-19(14)20(29-21)18-16(32-2)6-5-7-17(18)33-3/h5-11H,4H2,1-3H3,(H,27,30). The number of ether oxygens (including phenoxy) is 2. The number of nitrogens with zero attached hydrogens (tertiary/aromatic N) is 4. The molecule has 0 aliphatic rings. The van der Waals surface area contributed by atoms with E-state index < -0.39 is 11.7 Å². The predicted molar refractivity (Wildman–Crippen MR) is 119 cm³/mol. The van der Waals surface area contributed by atoms with Gasteiger partial charge in [0, 0.05) is 6.54 Å². The van der Waals surface area contributed by atoms with Crippen LogP contribution in [0.25, 0.3) is 22.3 Å². The Hall–Kier alpha value is -3.53. The zero-order valence-electron chi connectivity index (χ0n) is 17.9. The van der Waals surface area contributed by atoms with Gasteiger partial charge in [0.1, 0.15) is 28.2 Å². The van der Waals surface area contributed by atoms with E-state index in [1.165, 1.54) is 26.5 Å². The molecule has 0 spiro atoms. The fourth-order valence-electron chi connectivity index (χ4n) is 3.54. The minimum atomic E-state index is -4.50. The Morgan fingerprint density at radius 2 is 1.76 bits per heavy atom. The molecule has 0 aliphatic carbocycles. The van der Waals surface area contributed by atoms with Gasteiger partial charge in [0.25, 0.3) is 0 Å². The first-order valence-electron chi connectivity index (χ1n) is 9.85. The normalized spacial score (nSPS) is 11.6. The first-order chi connectivity index (χ1) is 15.8. The molecule has 2 aromatic carbocycles. The molecule has 7 nitrogen and oxygen atoms in total. The second kappa shape index (κ2) is 8.78. The third-order valence-corrected chi connectivity index (χ3v) is 5.38. The van der Waals surface area contributed by atoms with Crippen molar-refractivity contribution in [1.29, 1.82) is 0 Å². The molecule has 0 radical (unpaired) electrons. The molecule has 0 fully saturated rings. The summed E-state index contributed by atoms with van der Waals surface area (Å²) in [4.78, 5) is 10.9. The van der Waals surface area contributed by atoms with Gasteiger partial charge in [-0.1, -0.05) is 17.7 Å². The average molecular weight is 478 g/mol. The number of hydrogen-bond acceptors (Lipinski definition) is 6. The summed E-state index contributed by atoms with van der Waals surface area (Å²) in [5.41, 5.74) is 1.60. The highest BCUT2D eigenvalue weighted by molar-refractivity contribution is 6.33. The number of methoxy groups -OCH3 is 2. The summed E-state index contributed by atoms with van der Waals surface area (Å²) in [5, 5.41) is 6.90. The number of rotatable bonds is 6. The van der Waals surface area contributed by atoms with Gasteiger partial charge in [0.2, 0.25) is 5.95 Å². The second-order valence-electron chi connectivity index (χ2n) is 6.95. The molecule has 172 valence electrons. The fourth-order valence-corrected chi connectivity index (χ4v) is 3.82. The maximum atomic E-state index is 13.1. The predicted octanol–water partition coefficient (Wildman–Crippen LogP) is 5.87. The van der Waals surface area contributed by atoms with E-state index in [1.807, 2.05) is 6.92 Å². The number of fused-ring (bicyclic) bond motifs is 1. The van der Waals surface area contributed by atoms with Crippen molar-refractivity contribution in [2.24, 2.45) is 0 Å². The molecule has 0 saturated carbocycles. The molecule has 0 aliphatic heterocycles. The summed E-state index contributed by atoms with van der Waals surface area (Å²) in [6, 6.07) is 8.50. The number of aromatic amines is 1. The topological polar surface area (TPSA) is 76.2 Å². The van der Waals surface area contributed by atoms with Crippen molar-refractivity contribution in [2.75, 3.05) is 25.7 Å². The lowest BCUT2D eigenvalue weighted by Gasteiger charge is -2.24. The van der Waals surface area contributed by atoms with Gasteiger partial charge >= 0.3 is 6.18 Å². The molecular formula is C22H19ClF3N5O2. The van der Waals surface area contributed by atoms with Gasteiger partial charge in [-0.15, -0.1) is 0 Å². The van der Waals surface area contributed by atoms with Crippen LogP contribution in [0.5, 0.6) is 11.5 Å². The van der Waals surface area contributed by atoms with Crippen molar-refractivity contribution < 1.29 is 22.6 Å². The van der Waals surface area contributed by atoms with Crippen molar-refractivity contribution >= 4 is 34.3 Å². The molecular weight excluding hydrogens is 459 g/mol. The third-order valence-electron chi connectivity index (χ3n) is 5.08. The van der Waals surface area contributed by atoms with Gasteiger partial charge in [-0.2, -0.15) is 18.3 Å². The molecule has 11 heteroatoms. The highest BCUT2D eigenvalue weighted by atomic mass is 35.5. The molecule has 0 saturated heterocycles. The number of nitrogens with one attached hydrogen (secondary N) is 1. The number of aromatic nitrogens is 4. The highest BCUT2D eigenvalue weighted by Gasteiger charge is 2.31. The molecule has 0 unspecified atom stereocenters. The van der Waals surface area contributed by atoms with Gasteiger partial charge in [-0.05, 0) is 37.3 Å². The van der Waals surface area contributed by atoms with Crippen LogP contribution in [0.3, 0.4) is 0 Å². The number of benzene rings is 2. The van der Waals surface area contributed by atoms with Gasteiger partial charge in [0.15, 0.2) is 0 Å². The summed E-state index contributed by atoms with van der Waals surface area (Å²) in [6.07, 6.45) is -2.97. The van der Waals surface area contributed by atoms with Crippen molar-refractivity contribution in [1.82, 2.24) is 20.2 Å². The fraction of sp³-hybridized carbons (Fsp3) is 0.227. The quantitative estimate of drug-likeness (QED) is 0.374. The van der Waals surface area contributed by atoms with Crippen LogP contribution in [0.4, 0.5) is 24.8 Å². The molecule has 0 bridgehead atoms. The van der Waals surface area contributed by atoms with E-state index in [1.54, 1.807) is 23.1 Å². The highest BCUT2D eigenvalue weighted by Crippen LogP contribution is 2.42. The van der Waals surface area contributed by atoms with Gasteiger partial charge in [-0.3, -0.25) is 5.10 Å². The van der Waals surface area contributed by atoms with Crippen LogP contribution in [-0.2, 0) is 6.18 Å². The van der Waals surface area contributed by atoms with E-state index in [9.17, 15) is 13.2 Å². The van der Waals surface area contributed by atoms with E-state index in [2.05, 4.69) is 15.2 Å². The Morgan fingerprint density at radius 3 is 2.33 bits per heavy atom. The van der Waals surface area contributed by atoms with Gasteiger partial charge in [-0.25, -0.2) is 9.97 Å². The Labute approximate surface area is 192 Å². The summed E-state index contributed by atoms with van der Waals surface area (Å²) < 4.78 is 50.3.